The van der Waals surface area contributed by atoms with E-state index in [4.69, 9.17) is 4.74 Å². The predicted molar refractivity (Wildman–Crippen MR) is 77.0 cm³/mol. The molecule has 0 saturated heterocycles. The van der Waals surface area contributed by atoms with Crippen molar-refractivity contribution in [2.24, 2.45) is 5.41 Å². The molecular weight excluding hydrogens is 257 g/mol. The van der Waals surface area contributed by atoms with Gasteiger partial charge in [-0.3, -0.25) is 0 Å². The largest absolute Gasteiger partial charge is 0.464 e. The van der Waals surface area contributed by atoms with Gasteiger partial charge in [-0.05, 0) is 49.8 Å². The average molecular weight is 279 g/mol. The molecule has 4 heteroatoms. The van der Waals surface area contributed by atoms with Crippen LogP contribution in [0.2, 0.25) is 0 Å². The summed E-state index contributed by atoms with van der Waals surface area (Å²) in [6.07, 6.45) is 2.59. The van der Waals surface area contributed by atoms with Crippen LogP contribution in [0.4, 0.5) is 10.1 Å². The Bertz CT molecular complexity index is 501. The van der Waals surface area contributed by atoms with Crippen molar-refractivity contribution >= 4 is 11.7 Å². The van der Waals surface area contributed by atoms with Crippen LogP contribution in [0.25, 0.3) is 0 Å². The maximum atomic E-state index is 13.4. The van der Waals surface area contributed by atoms with Crippen LogP contribution in [-0.4, -0.2) is 18.1 Å². The molecule has 0 radical (unpaired) electrons. The zero-order valence-corrected chi connectivity index (χ0v) is 12.3. The Balaban J connectivity index is 2.35. The number of hydrogen-bond acceptors (Lipinski definition) is 3. The van der Waals surface area contributed by atoms with Crippen LogP contribution in [0.15, 0.2) is 24.3 Å². The third-order valence-electron chi connectivity index (χ3n) is 4.32. The normalized spacial score (nSPS) is 24.4. The van der Waals surface area contributed by atoms with Gasteiger partial charge < -0.3 is 10.1 Å². The Morgan fingerprint density at radius 3 is 2.70 bits per heavy atom. The summed E-state index contributed by atoms with van der Waals surface area (Å²) in [6.45, 7) is 6.27. The van der Waals surface area contributed by atoms with Crippen LogP contribution in [-0.2, 0) is 9.53 Å². The first-order valence-corrected chi connectivity index (χ1v) is 7.12. The number of rotatable bonds is 4. The molecule has 1 atom stereocenters. The molecule has 1 unspecified atom stereocenters. The summed E-state index contributed by atoms with van der Waals surface area (Å²) in [7, 11) is 0. The summed E-state index contributed by atoms with van der Waals surface area (Å²) < 4.78 is 18.6. The van der Waals surface area contributed by atoms with Gasteiger partial charge in [-0.2, -0.15) is 0 Å². The van der Waals surface area contributed by atoms with Gasteiger partial charge in [0.15, 0.2) is 0 Å². The Morgan fingerprint density at radius 1 is 1.40 bits per heavy atom. The number of anilines is 1. The summed E-state index contributed by atoms with van der Waals surface area (Å²) in [4.78, 5) is 12.5. The first-order chi connectivity index (χ1) is 9.41. The van der Waals surface area contributed by atoms with Crippen molar-refractivity contribution in [1.29, 1.82) is 0 Å². The number of hydrogen-bond donors (Lipinski definition) is 1. The van der Waals surface area contributed by atoms with E-state index in [0.717, 1.165) is 12.8 Å². The molecule has 0 amide bonds. The number of nitrogens with one attached hydrogen (secondary N) is 1. The lowest BCUT2D eigenvalue weighted by Crippen LogP contribution is -2.54. The molecule has 2 rings (SSSR count). The molecule has 1 aromatic carbocycles. The minimum Gasteiger partial charge on any atom is -0.464 e. The molecule has 1 N–H and O–H groups in total. The highest BCUT2D eigenvalue weighted by Gasteiger charge is 2.55. The monoisotopic (exact) mass is 279 g/mol. The smallest absolute Gasteiger partial charge is 0.332 e. The average Bonchev–Trinajstić information content (AvgIpc) is 2.66. The van der Waals surface area contributed by atoms with E-state index in [0.29, 0.717) is 18.7 Å². The second kappa shape index (κ2) is 5.43. The first kappa shape index (κ1) is 14.8. The van der Waals surface area contributed by atoms with E-state index in [1.165, 1.54) is 12.1 Å². The lowest BCUT2D eigenvalue weighted by Gasteiger charge is -2.40. The zero-order valence-electron chi connectivity index (χ0n) is 12.3. The molecule has 0 bridgehead atoms. The third-order valence-corrected chi connectivity index (χ3v) is 4.32. The lowest BCUT2D eigenvalue weighted by atomic mass is 9.74. The Labute approximate surface area is 119 Å². The molecule has 1 aliphatic rings. The van der Waals surface area contributed by atoms with Crippen molar-refractivity contribution < 1.29 is 13.9 Å². The number of carbonyl (C=O) groups excluding carboxylic acids is 1. The van der Waals surface area contributed by atoms with E-state index in [1.54, 1.807) is 19.1 Å². The number of carbonyl (C=O) groups is 1. The van der Waals surface area contributed by atoms with Gasteiger partial charge in [0.2, 0.25) is 0 Å². The third kappa shape index (κ3) is 2.51. The lowest BCUT2D eigenvalue weighted by molar-refractivity contribution is -0.151. The fourth-order valence-corrected chi connectivity index (χ4v) is 3.08. The van der Waals surface area contributed by atoms with Crippen molar-refractivity contribution in [2.45, 2.75) is 45.6 Å². The second-order valence-corrected chi connectivity index (χ2v) is 6.00. The van der Waals surface area contributed by atoms with Gasteiger partial charge in [0.05, 0.1) is 6.61 Å². The molecule has 20 heavy (non-hydrogen) atoms. The maximum Gasteiger partial charge on any atom is 0.332 e. The molecule has 0 heterocycles. The van der Waals surface area contributed by atoms with Gasteiger partial charge >= 0.3 is 5.97 Å². The highest BCUT2D eigenvalue weighted by molar-refractivity contribution is 5.86. The minimum absolute atomic E-state index is 0.231. The standard InChI is InChI=1S/C16H22FNO2/c1-4-20-14(19)16(10-6-9-15(16,2)3)18-13-8-5-7-12(17)11-13/h5,7-8,11,18H,4,6,9-10H2,1-3H3. The van der Waals surface area contributed by atoms with Gasteiger partial charge in [-0.25, -0.2) is 9.18 Å². The van der Waals surface area contributed by atoms with Crippen molar-refractivity contribution in [3.63, 3.8) is 0 Å². The molecule has 0 aromatic heterocycles. The van der Waals surface area contributed by atoms with E-state index in [1.807, 2.05) is 0 Å². The molecule has 0 aliphatic heterocycles. The molecule has 1 fully saturated rings. The Morgan fingerprint density at radius 2 is 2.15 bits per heavy atom. The maximum absolute atomic E-state index is 13.4. The summed E-state index contributed by atoms with van der Waals surface area (Å²) in [5.74, 6) is -0.559. The van der Waals surface area contributed by atoms with Gasteiger partial charge in [0.25, 0.3) is 0 Å². The van der Waals surface area contributed by atoms with E-state index in [2.05, 4.69) is 19.2 Å². The first-order valence-electron chi connectivity index (χ1n) is 7.12. The zero-order chi connectivity index (χ0) is 14.8. The van der Waals surface area contributed by atoms with Crippen molar-refractivity contribution in [2.75, 3.05) is 11.9 Å². The SMILES string of the molecule is CCOC(=O)C1(Nc2cccc(F)c2)CCCC1(C)C. The summed E-state index contributed by atoms with van der Waals surface area (Å²) in [5, 5.41) is 3.26. The fourth-order valence-electron chi connectivity index (χ4n) is 3.08. The van der Waals surface area contributed by atoms with E-state index >= 15 is 0 Å². The van der Waals surface area contributed by atoms with Crippen molar-refractivity contribution in [3.8, 4) is 0 Å². The van der Waals surface area contributed by atoms with Crippen molar-refractivity contribution in [3.05, 3.63) is 30.1 Å². The molecule has 3 nitrogen and oxygen atoms in total. The minimum atomic E-state index is -0.781. The highest BCUT2D eigenvalue weighted by atomic mass is 19.1. The number of esters is 1. The molecule has 110 valence electrons. The molecular formula is C16H22FNO2. The Kier molecular flexibility index (Phi) is 4.02. The van der Waals surface area contributed by atoms with Gasteiger partial charge in [-0.15, -0.1) is 0 Å². The van der Waals surface area contributed by atoms with E-state index in [-0.39, 0.29) is 17.2 Å². The van der Waals surface area contributed by atoms with E-state index in [9.17, 15) is 9.18 Å². The van der Waals surface area contributed by atoms with Crippen LogP contribution < -0.4 is 5.32 Å². The fraction of sp³-hybridized carbons (Fsp3) is 0.562. The number of benzene rings is 1. The predicted octanol–water partition coefficient (Wildman–Crippen LogP) is 3.75. The molecule has 0 spiro atoms. The van der Waals surface area contributed by atoms with Crippen molar-refractivity contribution in [1.82, 2.24) is 0 Å². The Hall–Kier alpha value is -1.58. The quantitative estimate of drug-likeness (QED) is 0.853. The highest BCUT2D eigenvalue weighted by Crippen LogP contribution is 2.48. The summed E-state index contributed by atoms with van der Waals surface area (Å²) >= 11 is 0. The molecule has 1 saturated carbocycles. The molecule has 1 aromatic rings. The summed E-state index contributed by atoms with van der Waals surface area (Å²) in [5.41, 5.74) is -0.393. The van der Waals surface area contributed by atoms with Crippen LogP contribution in [0, 0.1) is 11.2 Å². The summed E-state index contributed by atoms with van der Waals surface area (Å²) in [6, 6.07) is 6.22. The van der Waals surface area contributed by atoms with Crippen LogP contribution >= 0.6 is 0 Å². The number of halogens is 1. The topological polar surface area (TPSA) is 38.3 Å². The van der Waals surface area contributed by atoms with Gasteiger partial charge in [-0.1, -0.05) is 19.9 Å². The molecule has 1 aliphatic carbocycles. The van der Waals surface area contributed by atoms with Crippen LogP contribution in [0.5, 0.6) is 0 Å². The van der Waals surface area contributed by atoms with Gasteiger partial charge in [0.1, 0.15) is 11.4 Å². The second-order valence-electron chi connectivity index (χ2n) is 6.00. The van der Waals surface area contributed by atoms with Crippen LogP contribution in [0.3, 0.4) is 0 Å². The number of ether oxygens (including phenoxy) is 1. The van der Waals surface area contributed by atoms with Gasteiger partial charge in [0, 0.05) is 5.69 Å². The van der Waals surface area contributed by atoms with E-state index < -0.39 is 5.54 Å². The van der Waals surface area contributed by atoms with Crippen LogP contribution in [0.1, 0.15) is 40.0 Å².